The van der Waals surface area contributed by atoms with E-state index in [-0.39, 0.29) is 12.1 Å². The first-order chi connectivity index (χ1) is 12.1. The summed E-state index contributed by atoms with van der Waals surface area (Å²) in [5, 5.41) is 2.90. The highest BCUT2D eigenvalue weighted by Gasteiger charge is 2.28. The minimum Gasteiger partial charge on any atom is -0.494 e. The zero-order valence-electron chi connectivity index (χ0n) is 13.9. The molecule has 0 radical (unpaired) electrons. The first kappa shape index (κ1) is 17.5. The highest BCUT2D eigenvalue weighted by molar-refractivity contribution is 9.10. The number of nitrogens with one attached hydrogen (secondary N) is 1. The number of carbonyl (C=O) groups excluding carboxylic acids is 1. The van der Waals surface area contributed by atoms with Crippen LogP contribution in [0.25, 0.3) is 0 Å². The van der Waals surface area contributed by atoms with Crippen LogP contribution in [0.2, 0.25) is 0 Å². The van der Waals surface area contributed by atoms with Crippen LogP contribution in [0, 0.1) is 0 Å². The minimum absolute atomic E-state index is 0.0419. The van der Waals surface area contributed by atoms with E-state index in [0.29, 0.717) is 25.6 Å². The van der Waals surface area contributed by atoms with Crippen LogP contribution in [-0.4, -0.2) is 41.7 Å². The molecule has 1 atom stereocenters. The highest BCUT2D eigenvalue weighted by atomic mass is 79.9. The summed E-state index contributed by atoms with van der Waals surface area (Å²) in [5.41, 5.74) is 0.743. The van der Waals surface area contributed by atoms with Crippen molar-refractivity contribution in [3.05, 3.63) is 47.1 Å². The summed E-state index contributed by atoms with van der Waals surface area (Å²) >= 11 is 3.34. The van der Waals surface area contributed by atoms with Crippen LogP contribution in [0.4, 0.5) is 10.5 Å². The molecule has 1 aromatic carbocycles. The Morgan fingerprint density at radius 3 is 2.80 bits per heavy atom. The zero-order valence-corrected chi connectivity index (χ0v) is 15.5. The largest absolute Gasteiger partial charge is 0.494 e. The Morgan fingerprint density at radius 1 is 1.32 bits per heavy atom. The maximum absolute atomic E-state index is 12.4. The van der Waals surface area contributed by atoms with Crippen molar-refractivity contribution in [2.24, 2.45) is 0 Å². The van der Waals surface area contributed by atoms with Crippen molar-refractivity contribution in [1.29, 1.82) is 0 Å². The molecule has 1 N–H and O–H groups in total. The van der Waals surface area contributed by atoms with Gasteiger partial charge >= 0.3 is 6.03 Å². The molecule has 0 spiro atoms. The number of aromatic nitrogens is 1. The molecule has 0 bridgehead atoms. The number of carbonyl (C=O) groups is 1. The second kappa shape index (κ2) is 8.20. The normalized spacial score (nSPS) is 16.6. The molecule has 1 fully saturated rings. The molecule has 2 heterocycles. The van der Waals surface area contributed by atoms with Crippen LogP contribution in [0.3, 0.4) is 0 Å². The average molecular weight is 406 g/mol. The van der Waals surface area contributed by atoms with Crippen molar-refractivity contribution in [3.63, 3.8) is 0 Å². The van der Waals surface area contributed by atoms with Crippen LogP contribution in [0.15, 0.2) is 47.1 Å². The van der Waals surface area contributed by atoms with E-state index in [4.69, 9.17) is 9.47 Å². The van der Waals surface area contributed by atoms with Gasteiger partial charge in [-0.15, -0.1) is 0 Å². The number of ether oxygens (including phenoxy) is 2. The van der Waals surface area contributed by atoms with E-state index in [1.54, 1.807) is 11.1 Å². The fourth-order valence-electron chi connectivity index (χ4n) is 2.62. The van der Waals surface area contributed by atoms with Crippen molar-refractivity contribution in [2.45, 2.75) is 19.4 Å². The molecule has 3 rings (SSSR count). The van der Waals surface area contributed by atoms with Crippen LogP contribution in [0.5, 0.6) is 11.6 Å². The lowest BCUT2D eigenvalue weighted by Gasteiger charge is -2.18. The molecule has 1 unspecified atom stereocenters. The summed E-state index contributed by atoms with van der Waals surface area (Å²) in [6.45, 7) is 3.75. The third kappa shape index (κ3) is 4.85. The van der Waals surface area contributed by atoms with E-state index in [1.165, 1.54) is 0 Å². The molecule has 132 valence electrons. The molecule has 1 saturated heterocycles. The van der Waals surface area contributed by atoms with Gasteiger partial charge in [-0.25, -0.2) is 9.78 Å². The smallest absolute Gasteiger partial charge is 0.321 e. The van der Waals surface area contributed by atoms with E-state index < -0.39 is 0 Å². The Balaban J connectivity index is 1.50. The standard InChI is InChI=1S/C18H20BrN3O3/c1-2-24-15-6-4-14(5-7-15)21-18(23)22-10-9-16(12-22)25-17-8-3-13(19)11-20-17/h3-8,11,16H,2,9-10,12H2,1H3,(H,21,23). The number of amides is 2. The molecule has 1 aliphatic rings. The van der Waals surface area contributed by atoms with Crippen molar-refractivity contribution in [1.82, 2.24) is 9.88 Å². The molecule has 2 aromatic rings. The van der Waals surface area contributed by atoms with E-state index in [2.05, 4.69) is 26.2 Å². The second-order valence-electron chi connectivity index (χ2n) is 5.68. The Kier molecular flexibility index (Phi) is 5.75. The lowest BCUT2D eigenvalue weighted by Crippen LogP contribution is -2.34. The van der Waals surface area contributed by atoms with Gasteiger partial charge in [0.05, 0.1) is 13.2 Å². The number of nitrogens with zero attached hydrogens (tertiary/aromatic N) is 2. The third-order valence-corrected chi connectivity index (χ3v) is 4.31. The van der Waals surface area contributed by atoms with Crippen molar-refractivity contribution < 1.29 is 14.3 Å². The van der Waals surface area contributed by atoms with Crippen LogP contribution >= 0.6 is 15.9 Å². The molecular formula is C18H20BrN3O3. The van der Waals surface area contributed by atoms with Gasteiger partial charge in [0.1, 0.15) is 11.9 Å². The highest BCUT2D eigenvalue weighted by Crippen LogP contribution is 2.20. The summed E-state index contributed by atoms with van der Waals surface area (Å²) in [4.78, 5) is 18.3. The molecule has 25 heavy (non-hydrogen) atoms. The molecule has 7 heteroatoms. The SMILES string of the molecule is CCOc1ccc(NC(=O)N2CCC(Oc3ccc(Br)cn3)C2)cc1. The Labute approximate surface area is 155 Å². The first-order valence-corrected chi connectivity index (χ1v) is 9.00. The molecule has 0 aliphatic carbocycles. The molecule has 6 nitrogen and oxygen atoms in total. The zero-order chi connectivity index (χ0) is 17.6. The Hall–Kier alpha value is -2.28. The summed E-state index contributed by atoms with van der Waals surface area (Å²) < 4.78 is 12.1. The van der Waals surface area contributed by atoms with E-state index >= 15 is 0 Å². The maximum atomic E-state index is 12.4. The number of hydrogen-bond donors (Lipinski definition) is 1. The minimum atomic E-state index is -0.126. The fourth-order valence-corrected chi connectivity index (χ4v) is 2.85. The van der Waals surface area contributed by atoms with Gasteiger partial charge in [0.2, 0.25) is 5.88 Å². The van der Waals surface area contributed by atoms with Gasteiger partial charge in [0, 0.05) is 35.4 Å². The quantitative estimate of drug-likeness (QED) is 0.818. The van der Waals surface area contributed by atoms with Gasteiger partial charge in [0.15, 0.2) is 0 Å². The Bertz CT molecular complexity index is 707. The maximum Gasteiger partial charge on any atom is 0.321 e. The van der Waals surface area contributed by atoms with Gasteiger partial charge in [-0.2, -0.15) is 0 Å². The monoisotopic (exact) mass is 405 g/mol. The molecule has 0 saturated carbocycles. The summed E-state index contributed by atoms with van der Waals surface area (Å²) in [6, 6.07) is 10.9. The lowest BCUT2D eigenvalue weighted by atomic mass is 10.3. The molecule has 2 amide bonds. The van der Waals surface area contributed by atoms with Gasteiger partial charge in [-0.1, -0.05) is 0 Å². The van der Waals surface area contributed by atoms with Crippen LogP contribution in [0.1, 0.15) is 13.3 Å². The average Bonchev–Trinajstić information content (AvgIpc) is 3.08. The molecule has 1 aliphatic heterocycles. The second-order valence-corrected chi connectivity index (χ2v) is 6.59. The lowest BCUT2D eigenvalue weighted by molar-refractivity contribution is 0.190. The number of anilines is 1. The van der Waals surface area contributed by atoms with Crippen molar-refractivity contribution in [3.8, 4) is 11.6 Å². The Morgan fingerprint density at radius 2 is 2.12 bits per heavy atom. The fraction of sp³-hybridized carbons (Fsp3) is 0.333. The van der Waals surface area contributed by atoms with Gasteiger partial charge in [-0.05, 0) is 53.2 Å². The van der Waals surface area contributed by atoms with Gasteiger partial charge in [-0.3, -0.25) is 0 Å². The topological polar surface area (TPSA) is 63.7 Å². The number of benzene rings is 1. The van der Waals surface area contributed by atoms with E-state index in [1.807, 2.05) is 43.3 Å². The predicted octanol–water partition coefficient (Wildman–Crippen LogP) is 3.93. The van der Waals surface area contributed by atoms with E-state index in [9.17, 15) is 4.79 Å². The van der Waals surface area contributed by atoms with Crippen molar-refractivity contribution in [2.75, 3.05) is 25.0 Å². The first-order valence-electron chi connectivity index (χ1n) is 8.21. The summed E-state index contributed by atoms with van der Waals surface area (Å²) in [7, 11) is 0. The third-order valence-electron chi connectivity index (χ3n) is 3.84. The number of halogens is 1. The van der Waals surface area contributed by atoms with Crippen LogP contribution < -0.4 is 14.8 Å². The van der Waals surface area contributed by atoms with Crippen molar-refractivity contribution >= 4 is 27.6 Å². The number of pyridine rings is 1. The summed E-state index contributed by atoms with van der Waals surface area (Å²) in [5.74, 6) is 1.36. The predicted molar refractivity (Wildman–Crippen MR) is 99.2 cm³/mol. The van der Waals surface area contributed by atoms with Crippen LogP contribution in [-0.2, 0) is 0 Å². The van der Waals surface area contributed by atoms with Gasteiger partial charge < -0.3 is 19.7 Å². The number of hydrogen-bond acceptors (Lipinski definition) is 4. The number of urea groups is 1. The van der Waals surface area contributed by atoms with E-state index in [0.717, 1.165) is 22.3 Å². The number of likely N-dealkylation sites (tertiary alicyclic amines) is 1. The molecular weight excluding hydrogens is 386 g/mol. The molecule has 1 aromatic heterocycles. The summed E-state index contributed by atoms with van der Waals surface area (Å²) in [6.07, 6.45) is 2.44. The van der Waals surface area contributed by atoms with Gasteiger partial charge in [0.25, 0.3) is 0 Å². The number of rotatable bonds is 5.